The number of hydrogen-bond donors (Lipinski definition) is 3. The van der Waals surface area contributed by atoms with E-state index in [1.165, 1.54) is 24.2 Å². The van der Waals surface area contributed by atoms with Crippen molar-refractivity contribution in [1.82, 2.24) is 9.78 Å². The number of fused-ring (bicyclic) bond motifs is 1. The zero-order valence-corrected chi connectivity index (χ0v) is 15.4. The van der Waals surface area contributed by atoms with Crippen LogP contribution in [-0.4, -0.2) is 41.0 Å². The maximum atomic E-state index is 14.8. The summed E-state index contributed by atoms with van der Waals surface area (Å²) in [7, 11) is -1.11. The van der Waals surface area contributed by atoms with Crippen molar-refractivity contribution in [3.63, 3.8) is 0 Å². The van der Waals surface area contributed by atoms with Gasteiger partial charge in [-0.1, -0.05) is 6.08 Å². The number of anilines is 2. The van der Waals surface area contributed by atoms with E-state index in [4.69, 9.17) is 20.4 Å². The Labute approximate surface area is 166 Å². The summed E-state index contributed by atoms with van der Waals surface area (Å²) in [5.74, 6) is 0.495. The molecule has 0 aliphatic carbocycles. The number of nitrogens with one attached hydrogen (secondary N) is 1. The highest BCUT2D eigenvalue weighted by molar-refractivity contribution is 6.51. The molecule has 2 aliphatic heterocycles. The normalized spacial score (nSPS) is 17.5. The first-order chi connectivity index (χ1) is 14.0. The van der Waals surface area contributed by atoms with E-state index >= 15 is 0 Å². The lowest BCUT2D eigenvalue weighted by Gasteiger charge is -2.22. The van der Waals surface area contributed by atoms with Gasteiger partial charge in [-0.3, -0.25) is 9.48 Å². The van der Waals surface area contributed by atoms with E-state index in [1.807, 2.05) is 0 Å². The summed E-state index contributed by atoms with van der Waals surface area (Å²) in [5, 5.41) is 23.2. The molecule has 1 saturated heterocycles. The quantitative estimate of drug-likeness (QED) is 0.667. The molecule has 4 N–H and O–H groups in total. The van der Waals surface area contributed by atoms with E-state index < -0.39 is 18.8 Å². The zero-order chi connectivity index (χ0) is 21.0. The smallest absolute Gasteiger partial charge is 0.532 e. The van der Waals surface area contributed by atoms with Gasteiger partial charge in [0.05, 0.1) is 23.9 Å². The third-order valence-electron chi connectivity index (χ3n) is 4.58. The molecule has 0 spiro atoms. The number of nitrogens with zero attached hydrogens (tertiary/aromatic N) is 3. The van der Waals surface area contributed by atoms with E-state index in [-0.39, 0.29) is 34.4 Å². The first kappa shape index (κ1) is 20.4. The standard InChI is InChI=1S/C17H18BFN4O4.CHN/c19-15-11-5-6-18(25)27-14(11)4-3-13(15)21-17-12(16(20)24)8-23(22-17)10-2-1-7-26-9-10;1-2/h3-6,8,10,25H,1-2,7,9H2,(H2,20,24)(H,21,22);1H/t10-;/m1./s1. The third-order valence-corrected chi connectivity index (χ3v) is 4.58. The maximum absolute atomic E-state index is 14.8. The molecule has 4 rings (SSSR count). The summed E-state index contributed by atoms with van der Waals surface area (Å²) in [6.07, 6.45) is 4.77. The highest BCUT2D eigenvalue weighted by atomic mass is 19.1. The van der Waals surface area contributed by atoms with Crippen LogP contribution in [0.4, 0.5) is 15.9 Å². The molecule has 0 bridgehead atoms. The summed E-state index contributed by atoms with van der Waals surface area (Å²) < 4.78 is 27.1. The van der Waals surface area contributed by atoms with Gasteiger partial charge in [-0.25, -0.2) is 9.65 Å². The first-order valence-electron chi connectivity index (χ1n) is 8.88. The number of rotatable bonds is 4. The number of benzene rings is 1. The second-order valence-corrected chi connectivity index (χ2v) is 6.44. The second-order valence-electron chi connectivity index (χ2n) is 6.44. The molecular weight excluding hydrogens is 380 g/mol. The summed E-state index contributed by atoms with van der Waals surface area (Å²) in [6, 6.07) is 2.98. The van der Waals surface area contributed by atoms with Crippen molar-refractivity contribution in [3.8, 4) is 12.3 Å². The molecule has 29 heavy (non-hydrogen) atoms. The number of aromatic nitrogens is 2. The minimum absolute atomic E-state index is 0.00130. The Hall–Kier alpha value is -3.36. The van der Waals surface area contributed by atoms with Crippen LogP contribution in [0.2, 0.25) is 0 Å². The second kappa shape index (κ2) is 8.77. The average Bonchev–Trinajstić information content (AvgIpc) is 3.16. The molecule has 150 valence electrons. The van der Waals surface area contributed by atoms with Gasteiger partial charge in [0.25, 0.3) is 5.91 Å². The Morgan fingerprint density at radius 2 is 2.28 bits per heavy atom. The van der Waals surface area contributed by atoms with Crippen molar-refractivity contribution in [2.75, 3.05) is 18.5 Å². The Bertz CT molecular complexity index is 955. The minimum Gasteiger partial charge on any atom is -0.532 e. The molecule has 0 radical (unpaired) electrons. The van der Waals surface area contributed by atoms with Crippen molar-refractivity contribution >= 4 is 30.6 Å². The number of carbonyl (C=O) groups is 1. The van der Waals surface area contributed by atoms with Crippen LogP contribution in [0.25, 0.3) is 6.08 Å². The van der Waals surface area contributed by atoms with Crippen LogP contribution >= 0.6 is 0 Å². The topological polar surface area (TPSA) is 135 Å². The molecule has 9 nitrogen and oxygen atoms in total. The van der Waals surface area contributed by atoms with E-state index in [0.29, 0.717) is 13.2 Å². The molecule has 3 heterocycles. The van der Waals surface area contributed by atoms with E-state index in [0.717, 1.165) is 12.8 Å². The lowest BCUT2D eigenvalue weighted by atomic mass is 9.86. The molecule has 1 fully saturated rings. The van der Waals surface area contributed by atoms with Gasteiger partial charge in [0.2, 0.25) is 0 Å². The number of amides is 1. The maximum Gasteiger partial charge on any atom is 0.552 e. The van der Waals surface area contributed by atoms with Gasteiger partial charge in [0, 0.05) is 19.4 Å². The monoisotopic (exact) mass is 399 g/mol. The van der Waals surface area contributed by atoms with Crippen molar-refractivity contribution in [2.45, 2.75) is 18.9 Å². The average molecular weight is 399 g/mol. The number of primary amides is 1. The number of ether oxygens (including phenoxy) is 1. The SMILES string of the molecule is C#N.NC(=O)c1cn([C@@H]2CCCOC2)nc1Nc1ccc2c(c1F)C=CB(O)O2. The van der Waals surface area contributed by atoms with Crippen LogP contribution in [0.3, 0.4) is 0 Å². The van der Waals surface area contributed by atoms with E-state index in [2.05, 4.69) is 17.0 Å². The Kier molecular flexibility index (Phi) is 6.16. The molecular formula is C18H19BFN5O4. The molecule has 1 aromatic heterocycles. The Morgan fingerprint density at radius 3 is 2.97 bits per heavy atom. The lowest BCUT2D eigenvalue weighted by Crippen LogP contribution is -2.22. The van der Waals surface area contributed by atoms with Gasteiger partial charge >= 0.3 is 7.12 Å². The van der Waals surface area contributed by atoms with Crippen LogP contribution in [0.1, 0.15) is 34.8 Å². The molecule has 2 aliphatic rings. The van der Waals surface area contributed by atoms with E-state index in [9.17, 15) is 14.2 Å². The molecule has 1 amide bonds. The molecule has 1 atom stereocenters. The minimum atomic E-state index is -1.11. The summed E-state index contributed by atoms with van der Waals surface area (Å²) in [4.78, 5) is 11.8. The highest BCUT2D eigenvalue weighted by Gasteiger charge is 2.24. The van der Waals surface area contributed by atoms with Gasteiger partial charge in [-0.15, -0.1) is 0 Å². The van der Waals surface area contributed by atoms with Crippen LogP contribution in [-0.2, 0) is 4.74 Å². The van der Waals surface area contributed by atoms with Crippen LogP contribution in [0.5, 0.6) is 5.75 Å². The van der Waals surface area contributed by atoms with Gasteiger partial charge in [0.1, 0.15) is 11.3 Å². The predicted octanol–water partition coefficient (Wildman–Crippen LogP) is 1.78. The van der Waals surface area contributed by atoms with Crippen molar-refractivity contribution in [2.24, 2.45) is 5.73 Å². The summed E-state index contributed by atoms with van der Waals surface area (Å²) in [6.45, 7) is 4.70. The fourth-order valence-corrected chi connectivity index (χ4v) is 3.19. The van der Waals surface area contributed by atoms with Crippen molar-refractivity contribution < 1.29 is 23.6 Å². The zero-order valence-electron chi connectivity index (χ0n) is 15.4. The molecule has 1 aromatic carbocycles. The molecule has 0 saturated carbocycles. The van der Waals surface area contributed by atoms with Gasteiger partial charge < -0.3 is 25.5 Å². The summed E-state index contributed by atoms with van der Waals surface area (Å²) in [5.41, 5.74) is 5.94. The van der Waals surface area contributed by atoms with Crippen LogP contribution < -0.4 is 15.7 Å². The van der Waals surface area contributed by atoms with Gasteiger partial charge in [-0.05, 0) is 30.9 Å². The fraction of sp³-hybridized carbons (Fsp3) is 0.278. The first-order valence-corrected chi connectivity index (χ1v) is 8.88. The van der Waals surface area contributed by atoms with Gasteiger partial charge in [-0.2, -0.15) is 5.10 Å². The van der Waals surface area contributed by atoms with Crippen molar-refractivity contribution in [1.29, 1.82) is 5.26 Å². The molecule has 11 heteroatoms. The number of nitrogens with two attached hydrogens (primary N) is 1. The van der Waals surface area contributed by atoms with Crippen LogP contribution in [0, 0.1) is 17.7 Å². The van der Waals surface area contributed by atoms with Gasteiger partial charge in [0.15, 0.2) is 11.6 Å². The van der Waals surface area contributed by atoms with E-state index in [1.54, 1.807) is 10.9 Å². The highest BCUT2D eigenvalue weighted by Crippen LogP contribution is 2.33. The lowest BCUT2D eigenvalue weighted by molar-refractivity contribution is 0.0550. The fourth-order valence-electron chi connectivity index (χ4n) is 3.19. The Balaban J connectivity index is 0.00000117. The summed E-state index contributed by atoms with van der Waals surface area (Å²) >= 11 is 0. The Morgan fingerprint density at radius 1 is 1.48 bits per heavy atom. The number of nitriles is 1. The number of carbonyl (C=O) groups excluding carboxylic acids is 1. The predicted molar refractivity (Wildman–Crippen MR) is 104 cm³/mol. The molecule has 0 unspecified atom stereocenters. The largest absolute Gasteiger partial charge is 0.552 e. The molecule has 2 aromatic rings. The third kappa shape index (κ3) is 4.23. The van der Waals surface area contributed by atoms with Crippen molar-refractivity contribution in [3.05, 3.63) is 41.2 Å². The van der Waals surface area contributed by atoms with Crippen LogP contribution in [0.15, 0.2) is 24.3 Å². The number of halogens is 1. The number of hydrogen-bond acceptors (Lipinski definition) is 7.